The number of ether oxygens (including phenoxy) is 1. The number of carbonyl (C=O) groups is 1. The van der Waals surface area contributed by atoms with E-state index in [0.29, 0.717) is 17.0 Å². The molecule has 0 radical (unpaired) electrons. The van der Waals surface area contributed by atoms with E-state index in [9.17, 15) is 13.6 Å². The first kappa shape index (κ1) is 14.8. The van der Waals surface area contributed by atoms with Crippen LogP contribution in [0.5, 0.6) is 5.75 Å². The lowest BCUT2D eigenvalue weighted by Crippen LogP contribution is -2.20. The Bertz CT molecular complexity index is 643. The zero-order valence-corrected chi connectivity index (χ0v) is 11.3. The van der Waals surface area contributed by atoms with Gasteiger partial charge in [-0.2, -0.15) is 8.78 Å². The van der Waals surface area contributed by atoms with Crippen molar-refractivity contribution in [2.75, 3.05) is 10.6 Å². The lowest BCUT2D eigenvalue weighted by atomic mass is 10.2. The van der Waals surface area contributed by atoms with Gasteiger partial charge in [-0.3, -0.25) is 5.32 Å². The zero-order valence-electron chi connectivity index (χ0n) is 11.3. The lowest BCUT2D eigenvalue weighted by molar-refractivity contribution is -0.0502. The van der Waals surface area contributed by atoms with Crippen LogP contribution in [0.25, 0.3) is 0 Å². The summed E-state index contributed by atoms with van der Waals surface area (Å²) in [6.45, 7) is 0.324. The van der Waals surface area contributed by atoms with Crippen molar-refractivity contribution in [1.29, 1.82) is 0 Å². The minimum atomic E-state index is -2.93. The predicted molar refractivity (Wildman–Crippen MR) is 71.7 cm³/mol. The summed E-state index contributed by atoms with van der Waals surface area (Å²) in [5.74, 6) is 0.802. The quantitative estimate of drug-likeness (QED) is 0.905. The molecule has 2 N–H and O–H groups in total. The zero-order chi connectivity index (χ0) is 15.4. The number of alkyl halides is 2. The highest BCUT2D eigenvalue weighted by Gasteiger charge is 2.12. The highest BCUT2D eigenvalue weighted by Crippen LogP contribution is 2.26. The number of anilines is 2. The van der Waals surface area contributed by atoms with Crippen molar-refractivity contribution in [3.63, 3.8) is 0 Å². The molecule has 2 amide bonds. The van der Waals surface area contributed by atoms with E-state index >= 15 is 0 Å². The van der Waals surface area contributed by atoms with Gasteiger partial charge in [0.25, 0.3) is 0 Å². The first-order valence-corrected chi connectivity index (χ1v) is 6.01. The Morgan fingerprint density at radius 1 is 1.33 bits per heavy atom. The number of nitrogens with zero attached hydrogens (tertiary/aromatic N) is 1. The van der Waals surface area contributed by atoms with Crippen molar-refractivity contribution in [3.05, 3.63) is 35.6 Å². The van der Waals surface area contributed by atoms with Gasteiger partial charge in [-0.05, 0) is 26.0 Å². The molecule has 0 bridgehead atoms. The van der Waals surface area contributed by atoms with Crippen LogP contribution in [0.1, 0.15) is 11.3 Å². The minimum Gasteiger partial charge on any atom is -0.434 e. The molecule has 8 heteroatoms. The summed E-state index contributed by atoms with van der Waals surface area (Å²) in [6.07, 6.45) is 0. The second-order valence-corrected chi connectivity index (χ2v) is 4.21. The van der Waals surface area contributed by atoms with E-state index in [4.69, 9.17) is 4.52 Å². The van der Waals surface area contributed by atoms with Gasteiger partial charge >= 0.3 is 12.6 Å². The monoisotopic (exact) mass is 297 g/mol. The number of nitrogens with one attached hydrogen (secondary N) is 2. The molecule has 0 saturated carbocycles. The van der Waals surface area contributed by atoms with E-state index in [-0.39, 0.29) is 11.6 Å². The van der Waals surface area contributed by atoms with E-state index in [0.717, 1.165) is 0 Å². The number of rotatable bonds is 4. The third kappa shape index (κ3) is 3.91. The Kier molecular flexibility index (Phi) is 4.36. The number of amides is 2. The third-order valence-electron chi connectivity index (χ3n) is 2.62. The Morgan fingerprint density at radius 3 is 2.71 bits per heavy atom. The second-order valence-electron chi connectivity index (χ2n) is 4.21. The van der Waals surface area contributed by atoms with Gasteiger partial charge in [0.2, 0.25) is 0 Å². The van der Waals surface area contributed by atoms with E-state index in [1.165, 1.54) is 12.1 Å². The van der Waals surface area contributed by atoms with Crippen LogP contribution in [0.4, 0.5) is 25.1 Å². The highest BCUT2D eigenvalue weighted by molar-refractivity contribution is 5.99. The van der Waals surface area contributed by atoms with Crippen molar-refractivity contribution in [2.45, 2.75) is 20.5 Å². The molecular formula is C13H13F2N3O3. The van der Waals surface area contributed by atoms with E-state index in [2.05, 4.69) is 20.5 Å². The van der Waals surface area contributed by atoms with Crippen molar-refractivity contribution in [1.82, 2.24) is 5.16 Å². The maximum Gasteiger partial charge on any atom is 0.387 e. The normalized spacial score (nSPS) is 10.5. The van der Waals surface area contributed by atoms with Gasteiger partial charge in [-0.25, -0.2) is 4.79 Å². The smallest absolute Gasteiger partial charge is 0.387 e. The van der Waals surface area contributed by atoms with Crippen LogP contribution in [0.3, 0.4) is 0 Å². The molecule has 1 aromatic heterocycles. The summed E-state index contributed by atoms with van der Waals surface area (Å²) in [6, 6.07) is 5.44. The van der Waals surface area contributed by atoms with Crippen molar-refractivity contribution in [3.8, 4) is 5.75 Å². The number of hydrogen-bond donors (Lipinski definition) is 2. The summed E-state index contributed by atoms with van der Waals surface area (Å²) in [5, 5.41) is 8.59. The Labute approximate surface area is 119 Å². The molecule has 0 fully saturated rings. The predicted octanol–water partition coefficient (Wildman–Crippen LogP) is 3.54. The van der Waals surface area contributed by atoms with Gasteiger partial charge in [0.15, 0.2) is 5.82 Å². The Hall–Kier alpha value is -2.64. The van der Waals surface area contributed by atoms with Gasteiger partial charge in [-0.1, -0.05) is 11.2 Å². The van der Waals surface area contributed by atoms with Crippen LogP contribution in [0, 0.1) is 13.8 Å². The maximum atomic E-state index is 12.2. The Balaban J connectivity index is 2.06. The molecule has 0 aliphatic rings. The highest BCUT2D eigenvalue weighted by atomic mass is 19.3. The van der Waals surface area contributed by atoms with E-state index in [1.54, 1.807) is 26.0 Å². The summed E-state index contributed by atoms with van der Waals surface area (Å²) in [4.78, 5) is 11.8. The van der Waals surface area contributed by atoms with Crippen molar-refractivity contribution >= 4 is 17.5 Å². The summed E-state index contributed by atoms with van der Waals surface area (Å²) in [5.41, 5.74) is 0.746. The van der Waals surface area contributed by atoms with Crippen molar-refractivity contribution < 1.29 is 22.8 Å². The largest absolute Gasteiger partial charge is 0.434 e. The minimum absolute atomic E-state index is 0.0000746. The number of carbonyl (C=O) groups excluding carboxylic acids is 1. The van der Waals surface area contributed by atoms with E-state index < -0.39 is 12.6 Å². The summed E-state index contributed by atoms with van der Waals surface area (Å²) in [7, 11) is 0. The molecule has 112 valence electrons. The number of aromatic nitrogens is 1. The van der Waals surface area contributed by atoms with Crippen LogP contribution in [0.15, 0.2) is 28.8 Å². The second kappa shape index (κ2) is 6.21. The summed E-state index contributed by atoms with van der Waals surface area (Å²) < 4.78 is 33.7. The molecule has 0 atom stereocenters. The molecule has 0 aliphatic carbocycles. The average Bonchev–Trinajstić information content (AvgIpc) is 2.79. The topological polar surface area (TPSA) is 76.4 Å². The number of benzene rings is 1. The molecule has 0 unspecified atom stereocenters. The number of aryl methyl sites for hydroxylation is 1. The molecule has 6 nitrogen and oxygen atoms in total. The fraction of sp³-hybridized carbons (Fsp3) is 0.231. The first-order chi connectivity index (χ1) is 9.95. The average molecular weight is 297 g/mol. The third-order valence-corrected chi connectivity index (χ3v) is 2.62. The van der Waals surface area contributed by atoms with Crippen LogP contribution >= 0.6 is 0 Å². The number of halogens is 2. The molecule has 0 saturated heterocycles. The fourth-order valence-electron chi connectivity index (χ4n) is 1.67. The number of urea groups is 1. The van der Waals surface area contributed by atoms with Crippen LogP contribution < -0.4 is 15.4 Å². The molecule has 2 rings (SSSR count). The van der Waals surface area contributed by atoms with E-state index in [1.807, 2.05) is 0 Å². The van der Waals surface area contributed by atoms with Crippen LogP contribution in [-0.2, 0) is 0 Å². The summed E-state index contributed by atoms with van der Waals surface area (Å²) >= 11 is 0. The van der Waals surface area contributed by atoms with Gasteiger partial charge in [-0.15, -0.1) is 0 Å². The Morgan fingerprint density at radius 2 is 2.10 bits per heavy atom. The molecule has 2 aromatic rings. The molecule has 1 heterocycles. The molecular weight excluding hydrogens is 284 g/mol. The fourth-order valence-corrected chi connectivity index (χ4v) is 1.67. The molecule has 21 heavy (non-hydrogen) atoms. The molecule has 0 spiro atoms. The van der Waals surface area contributed by atoms with Crippen LogP contribution in [0.2, 0.25) is 0 Å². The molecule has 1 aromatic carbocycles. The van der Waals surface area contributed by atoms with Crippen molar-refractivity contribution in [2.24, 2.45) is 0 Å². The standard InChI is InChI=1S/C13H13F2N3O3/c1-7-6-11(18-21-7)17-13(19)16-9-4-3-5-10(8(9)2)20-12(14)15/h3-6,12H,1-2H3,(H2,16,17,18,19). The molecule has 0 aliphatic heterocycles. The maximum absolute atomic E-state index is 12.2. The first-order valence-electron chi connectivity index (χ1n) is 6.01. The number of hydrogen-bond acceptors (Lipinski definition) is 4. The lowest BCUT2D eigenvalue weighted by Gasteiger charge is -2.12. The van der Waals surface area contributed by atoms with Gasteiger partial charge < -0.3 is 14.6 Å². The van der Waals surface area contributed by atoms with Gasteiger partial charge in [0.05, 0.1) is 0 Å². The van der Waals surface area contributed by atoms with Gasteiger partial charge in [0.1, 0.15) is 11.5 Å². The van der Waals surface area contributed by atoms with Crippen LogP contribution in [-0.4, -0.2) is 17.8 Å². The van der Waals surface area contributed by atoms with Gasteiger partial charge in [0, 0.05) is 17.3 Å². The SMILES string of the molecule is Cc1cc(NC(=O)Nc2cccc(OC(F)F)c2C)no1.